The summed E-state index contributed by atoms with van der Waals surface area (Å²) < 4.78 is 11.1. The molecule has 0 amide bonds. The Morgan fingerprint density at radius 3 is 2.83 bits per heavy atom. The van der Waals surface area contributed by atoms with Crippen LogP contribution in [0.2, 0.25) is 0 Å². The van der Waals surface area contributed by atoms with Crippen molar-refractivity contribution in [3.63, 3.8) is 0 Å². The van der Waals surface area contributed by atoms with Crippen molar-refractivity contribution in [3.8, 4) is 17.2 Å². The lowest BCUT2D eigenvalue weighted by atomic mass is 10.2. The van der Waals surface area contributed by atoms with Gasteiger partial charge in [-0.25, -0.2) is 0 Å². The molecule has 0 saturated carbocycles. The van der Waals surface area contributed by atoms with Crippen molar-refractivity contribution >= 4 is 5.69 Å². The molecule has 0 aromatic heterocycles. The van der Waals surface area contributed by atoms with Gasteiger partial charge in [0.05, 0.1) is 11.9 Å². The molecule has 1 unspecified atom stereocenters. The Kier molecular flexibility index (Phi) is 2.89. The highest BCUT2D eigenvalue weighted by atomic mass is 16.6. The molecule has 2 aliphatic rings. The first kappa shape index (κ1) is 11.4. The highest BCUT2D eigenvalue weighted by Crippen LogP contribution is 2.45. The van der Waals surface area contributed by atoms with E-state index < -0.39 is 0 Å². The van der Waals surface area contributed by atoms with Crippen molar-refractivity contribution in [3.05, 3.63) is 12.1 Å². The minimum atomic E-state index is -0.0484. The number of anilines is 1. The van der Waals surface area contributed by atoms with Gasteiger partial charge in [-0.1, -0.05) is 0 Å². The average Bonchev–Trinajstić information content (AvgIpc) is 2.39. The van der Waals surface area contributed by atoms with E-state index in [-0.39, 0.29) is 11.9 Å². The van der Waals surface area contributed by atoms with Crippen LogP contribution in [0.3, 0.4) is 0 Å². The summed E-state index contributed by atoms with van der Waals surface area (Å²) in [5.41, 5.74) is 6.82. The summed E-state index contributed by atoms with van der Waals surface area (Å²) in [4.78, 5) is 2.15. The predicted molar refractivity (Wildman–Crippen MR) is 67.3 cm³/mol. The normalized spacial score (nSPS) is 22.9. The zero-order chi connectivity index (χ0) is 12.5. The fraction of sp³-hybridized carbons (Fsp3) is 0.500. The van der Waals surface area contributed by atoms with Gasteiger partial charge in [-0.3, -0.25) is 5.32 Å². The van der Waals surface area contributed by atoms with E-state index in [1.54, 1.807) is 6.07 Å². The van der Waals surface area contributed by atoms with Crippen molar-refractivity contribution in [2.24, 2.45) is 5.73 Å². The Bertz CT molecular complexity index is 452. The maximum atomic E-state index is 9.77. The Morgan fingerprint density at radius 2 is 2.06 bits per heavy atom. The van der Waals surface area contributed by atoms with Gasteiger partial charge in [0.25, 0.3) is 0 Å². The molecule has 1 atom stereocenters. The third-order valence-corrected chi connectivity index (χ3v) is 3.19. The van der Waals surface area contributed by atoms with E-state index in [9.17, 15) is 5.11 Å². The van der Waals surface area contributed by atoms with Gasteiger partial charge in [0, 0.05) is 19.6 Å². The lowest BCUT2D eigenvalue weighted by Gasteiger charge is -2.35. The molecule has 2 heterocycles. The number of aromatic hydroxyl groups is 1. The molecule has 1 fully saturated rings. The van der Waals surface area contributed by atoms with E-state index in [0.29, 0.717) is 31.3 Å². The standard InChI is InChI=1S/C12H17N3O3/c13-10-7-15(4-3-14-10)8-1-2-9(16)12-11(8)17-5-6-18-12/h1-2,10,14,16H,3-7,13H2. The van der Waals surface area contributed by atoms with Crippen LogP contribution in [0.15, 0.2) is 12.1 Å². The van der Waals surface area contributed by atoms with Crippen molar-refractivity contribution in [1.29, 1.82) is 0 Å². The minimum Gasteiger partial charge on any atom is -0.504 e. The molecule has 0 aliphatic carbocycles. The molecule has 18 heavy (non-hydrogen) atoms. The van der Waals surface area contributed by atoms with Gasteiger partial charge in [-0.2, -0.15) is 0 Å². The number of fused-ring (bicyclic) bond motifs is 1. The molecule has 2 aliphatic heterocycles. The highest BCUT2D eigenvalue weighted by molar-refractivity contribution is 5.69. The second kappa shape index (κ2) is 4.55. The quantitative estimate of drug-likeness (QED) is 0.644. The van der Waals surface area contributed by atoms with E-state index in [1.165, 1.54) is 0 Å². The van der Waals surface area contributed by atoms with E-state index in [2.05, 4.69) is 10.2 Å². The molecule has 1 aromatic carbocycles. The van der Waals surface area contributed by atoms with Crippen LogP contribution in [0.1, 0.15) is 0 Å². The monoisotopic (exact) mass is 251 g/mol. The molecule has 0 spiro atoms. The topological polar surface area (TPSA) is 80.0 Å². The predicted octanol–water partition coefficient (Wildman–Crippen LogP) is -0.142. The molecule has 3 rings (SSSR count). The van der Waals surface area contributed by atoms with Crippen LogP contribution in [0.4, 0.5) is 5.69 Å². The average molecular weight is 251 g/mol. The largest absolute Gasteiger partial charge is 0.504 e. The van der Waals surface area contributed by atoms with Gasteiger partial charge in [0.15, 0.2) is 11.5 Å². The Hall–Kier alpha value is -1.66. The molecule has 0 bridgehead atoms. The van der Waals surface area contributed by atoms with Gasteiger partial charge in [-0.15, -0.1) is 0 Å². The lowest BCUT2D eigenvalue weighted by molar-refractivity contribution is 0.166. The number of nitrogens with two attached hydrogens (primary N) is 1. The summed E-state index contributed by atoms with van der Waals surface area (Å²) in [7, 11) is 0. The number of nitrogens with zero attached hydrogens (tertiary/aromatic N) is 1. The molecule has 6 nitrogen and oxygen atoms in total. The zero-order valence-electron chi connectivity index (χ0n) is 10.1. The van der Waals surface area contributed by atoms with E-state index >= 15 is 0 Å². The maximum Gasteiger partial charge on any atom is 0.205 e. The third-order valence-electron chi connectivity index (χ3n) is 3.19. The van der Waals surface area contributed by atoms with Crippen LogP contribution in [0.25, 0.3) is 0 Å². The SMILES string of the molecule is NC1CN(c2ccc(O)c3c2OCCO3)CCN1. The molecule has 4 N–H and O–H groups in total. The van der Waals surface area contributed by atoms with Gasteiger partial charge >= 0.3 is 0 Å². The van der Waals surface area contributed by atoms with Crippen molar-refractivity contribution < 1.29 is 14.6 Å². The Labute approximate surface area is 105 Å². The number of hydrogen-bond donors (Lipinski definition) is 3. The molecule has 0 radical (unpaired) electrons. The van der Waals surface area contributed by atoms with Crippen LogP contribution in [-0.4, -0.2) is 44.1 Å². The summed E-state index contributed by atoms with van der Waals surface area (Å²) in [5.74, 6) is 1.18. The van der Waals surface area contributed by atoms with Crippen molar-refractivity contribution in [2.45, 2.75) is 6.17 Å². The molecule has 98 valence electrons. The van der Waals surface area contributed by atoms with Gasteiger partial charge in [0.2, 0.25) is 5.75 Å². The molecular weight excluding hydrogens is 234 g/mol. The summed E-state index contributed by atoms with van der Waals surface area (Å²) in [5, 5.41) is 13.0. The Morgan fingerprint density at radius 1 is 1.28 bits per heavy atom. The number of phenols is 1. The number of ether oxygens (including phenoxy) is 2. The lowest BCUT2D eigenvalue weighted by Crippen LogP contribution is -2.55. The van der Waals surface area contributed by atoms with Crippen LogP contribution in [-0.2, 0) is 0 Å². The maximum absolute atomic E-state index is 9.77. The second-order valence-electron chi connectivity index (χ2n) is 4.47. The summed E-state index contributed by atoms with van der Waals surface area (Å²) in [6.45, 7) is 3.36. The fourth-order valence-electron chi connectivity index (χ4n) is 2.35. The van der Waals surface area contributed by atoms with Crippen LogP contribution < -0.4 is 25.4 Å². The smallest absolute Gasteiger partial charge is 0.205 e. The third kappa shape index (κ3) is 1.93. The van der Waals surface area contributed by atoms with Crippen molar-refractivity contribution in [1.82, 2.24) is 5.32 Å². The first-order chi connectivity index (χ1) is 8.75. The van der Waals surface area contributed by atoms with Crippen LogP contribution >= 0.6 is 0 Å². The van der Waals surface area contributed by atoms with Crippen LogP contribution in [0.5, 0.6) is 17.2 Å². The summed E-state index contributed by atoms with van der Waals surface area (Å²) >= 11 is 0. The van der Waals surface area contributed by atoms with Crippen molar-refractivity contribution in [2.75, 3.05) is 37.7 Å². The number of rotatable bonds is 1. The van der Waals surface area contributed by atoms with Gasteiger partial charge in [0.1, 0.15) is 13.2 Å². The zero-order valence-corrected chi connectivity index (χ0v) is 10.1. The van der Waals surface area contributed by atoms with Gasteiger partial charge in [-0.05, 0) is 12.1 Å². The number of nitrogens with one attached hydrogen (secondary N) is 1. The molecule has 1 saturated heterocycles. The first-order valence-corrected chi connectivity index (χ1v) is 6.11. The van der Waals surface area contributed by atoms with E-state index in [1.807, 2.05) is 6.07 Å². The first-order valence-electron chi connectivity index (χ1n) is 6.11. The number of benzene rings is 1. The number of phenolic OH excluding ortho intramolecular Hbond substituents is 1. The highest BCUT2D eigenvalue weighted by Gasteiger charge is 2.25. The van der Waals surface area contributed by atoms with Crippen LogP contribution in [0, 0.1) is 0 Å². The fourth-order valence-corrected chi connectivity index (χ4v) is 2.35. The molecular formula is C12H17N3O3. The molecule has 6 heteroatoms. The molecule has 1 aromatic rings. The van der Waals surface area contributed by atoms with Gasteiger partial charge < -0.3 is 25.2 Å². The number of piperazine rings is 1. The Balaban J connectivity index is 1.96. The summed E-state index contributed by atoms with van der Waals surface area (Å²) in [6, 6.07) is 3.48. The number of hydrogen-bond acceptors (Lipinski definition) is 6. The summed E-state index contributed by atoms with van der Waals surface area (Å²) in [6.07, 6.45) is -0.0484. The second-order valence-corrected chi connectivity index (χ2v) is 4.47. The van der Waals surface area contributed by atoms with E-state index in [0.717, 1.165) is 18.8 Å². The minimum absolute atomic E-state index is 0.0484. The van der Waals surface area contributed by atoms with E-state index in [4.69, 9.17) is 15.2 Å².